The van der Waals surface area contributed by atoms with Crippen LogP contribution in [-0.2, 0) is 4.79 Å². The molecule has 2 aliphatic rings. The quantitative estimate of drug-likeness (QED) is 0.649. The number of nitrogens with zero attached hydrogens (tertiary/aromatic N) is 1. The van der Waals surface area contributed by atoms with Gasteiger partial charge in [-0.1, -0.05) is 6.92 Å². The number of carbonyl (C=O) groups is 2. The van der Waals surface area contributed by atoms with Crippen LogP contribution in [0, 0.1) is 11.3 Å². The van der Waals surface area contributed by atoms with Gasteiger partial charge in [0.1, 0.15) is 5.84 Å². The molecule has 0 aromatic rings. The molecule has 0 aromatic carbocycles. The van der Waals surface area contributed by atoms with E-state index in [-0.39, 0.29) is 24.2 Å². The van der Waals surface area contributed by atoms with Crippen molar-refractivity contribution in [2.24, 2.45) is 5.92 Å². The van der Waals surface area contributed by atoms with E-state index in [1.54, 1.807) is 4.90 Å². The van der Waals surface area contributed by atoms with Crippen LogP contribution in [0.25, 0.3) is 0 Å². The maximum atomic E-state index is 11.7. The van der Waals surface area contributed by atoms with Gasteiger partial charge in [-0.25, -0.2) is 4.79 Å². The van der Waals surface area contributed by atoms with Crippen molar-refractivity contribution in [3.8, 4) is 0 Å². The Kier molecular flexibility index (Phi) is 3.84. The monoisotopic (exact) mass is 252 g/mol. The molecule has 0 radical (unpaired) electrons. The smallest absolute Gasteiger partial charge is 0.323 e. The van der Waals surface area contributed by atoms with E-state index in [2.05, 4.69) is 10.6 Å². The van der Waals surface area contributed by atoms with E-state index in [9.17, 15) is 9.59 Å². The van der Waals surface area contributed by atoms with E-state index in [1.807, 2.05) is 6.92 Å². The topological polar surface area (TPSA) is 85.3 Å². The van der Waals surface area contributed by atoms with Crippen molar-refractivity contribution < 1.29 is 9.59 Å². The summed E-state index contributed by atoms with van der Waals surface area (Å²) in [6.45, 7) is 3.30. The Hall–Kier alpha value is -1.59. The minimum Gasteiger partial charge on any atom is -0.356 e. The van der Waals surface area contributed by atoms with Crippen LogP contribution in [0.2, 0.25) is 0 Å². The van der Waals surface area contributed by atoms with Gasteiger partial charge >= 0.3 is 6.03 Å². The molecule has 2 fully saturated rings. The summed E-state index contributed by atoms with van der Waals surface area (Å²) in [6, 6.07) is -0.643. The molecule has 1 aliphatic carbocycles. The summed E-state index contributed by atoms with van der Waals surface area (Å²) in [5, 5.41) is 13.0. The predicted octanol–water partition coefficient (Wildman–Crippen LogP) is 0.684. The average Bonchev–Trinajstić information content (AvgIpc) is 3.10. The van der Waals surface area contributed by atoms with Gasteiger partial charge in [-0.3, -0.25) is 15.5 Å². The van der Waals surface area contributed by atoms with Crippen LogP contribution < -0.4 is 10.6 Å². The molecular weight excluding hydrogens is 232 g/mol. The molecule has 3 N–H and O–H groups in total. The third-order valence-electron chi connectivity index (χ3n) is 3.31. The Morgan fingerprint density at radius 1 is 1.56 bits per heavy atom. The van der Waals surface area contributed by atoms with Crippen molar-refractivity contribution in [1.82, 2.24) is 15.5 Å². The number of hydrogen-bond acceptors (Lipinski definition) is 3. The van der Waals surface area contributed by atoms with Gasteiger partial charge in [0.2, 0.25) is 5.91 Å². The van der Waals surface area contributed by atoms with Gasteiger partial charge < -0.3 is 10.2 Å². The summed E-state index contributed by atoms with van der Waals surface area (Å²) >= 11 is 0. The minimum absolute atomic E-state index is 0.0936. The SMILES string of the molecule is CCCNC(=O)CC1C(=N)NC(=O)N1CC1CC1. The zero-order chi connectivity index (χ0) is 13.1. The van der Waals surface area contributed by atoms with Gasteiger partial charge in [-0.2, -0.15) is 0 Å². The summed E-state index contributed by atoms with van der Waals surface area (Å²) in [5.41, 5.74) is 0. The van der Waals surface area contributed by atoms with Gasteiger partial charge in [-0.05, 0) is 25.2 Å². The molecule has 1 saturated carbocycles. The van der Waals surface area contributed by atoms with Gasteiger partial charge in [0.25, 0.3) is 0 Å². The highest BCUT2D eigenvalue weighted by molar-refractivity contribution is 6.07. The molecule has 100 valence electrons. The normalized spacial score (nSPS) is 23.2. The first-order chi connectivity index (χ1) is 8.61. The van der Waals surface area contributed by atoms with Crippen molar-refractivity contribution in [1.29, 1.82) is 5.41 Å². The molecule has 1 unspecified atom stereocenters. The van der Waals surface area contributed by atoms with Gasteiger partial charge in [-0.15, -0.1) is 0 Å². The Morgan fingerprint density at radius 3 is 2.89 bits per heavy atom. The largest absolute Gasteiger partial charge is 0.356 e. The molecule has 0 spiro atoms. The van der Waals surface area contributed by atoms with E-state index in [0.29, 0.717) is 19.0 Å². The van der Waals surface area contributed by atoms with Crippen molar-refractivity contribution in [3.63, 3.8) is 0 Å². The Morgan fingerprint density at radius 2 is 2.28 bits per heavy atom. The molecule has 6 nitrogen and oxygen atoms in total. The van der Waals surface area contributed by atoms with Crippen LogP contribution in [0.4, 0.5) is 4.79 Å². The number of nitrogens with one attached hydrogen (secondary N) is 3. The maximum Gasteiger partial charge on any atom is 0.323 e. The first-order valence-electron chi connectivity index (χ1n) is 6.54. The van der Waals surface area contributed by atoms with Crippen LogP contribution in [0.3, 0.4) is 0 Å². The third kappa shape index (κ3) is 3.00. The molecular formula is C12H20N4O2. The third-order valence-corrected chi connectivity index (χ3v) is 3.31. The van der Waals surface area contributed by atoms with Crippen LogP contribution in [-0.4, -0.2) is 41.8 Å². The van der Waals surface area contributed by atoms with Crippen molar-refractivity contribution in [2.45, 2.75) is 38.6 Å². The fourth-order valence-corrected chi connectivity index (χ4v) is 2.08. The van der Waals surface area contributed by atoms with Crippen molar-refractivity contribution in [3.05, 3.63) is 0 Å². The van der Waals surface area contributed by atoms with E-state index >= 15 is 0 Å². The zero-order valence-electron chi connectivity index (χ0n) is 10.7. The summed E-state index contributed by atoms with van der Waals surface area (Å²) in [7, 11) is 0. The highest BCUT2D eigenvalue weighted by atomic mass is 16.2. The fourth-order valence-electron chi connectivity index (χ4n) is 2.08. The number of rotatable bonds is 6. The summed E-state index contributed by atoms with van der Waals surface area (Å²) < 4.78 is 0. The zero-order valence-corrected chi connectivity index (χ0v) is 10.7. The summed E-state index contributed by atoms with van der Waals surface area (Å²) in [4.78, 5) is 25.0. The predicted molar refractivity (Wildman–Crippen MR) is 67.4 cm³/mol. The van der Waals surface area contributed by atoms with Crippen LogP contribution in [0.15, 0.2) is 0 Å². The maximum absolute atomic E-state index is 11.7. The molecule has 18 heavy (non-hydrogen) atoms. The summed E-state index contributed by atoms with van der Waals surface area (Å²) in [6.07, 6.45) is 3.36. The summed E-state index contributed by atoms with van der Waals surface area (Å²) in [5.74, 6) is 0.610. The van der Waals surface area contributed by atoms with E-state index in [1.165, 1.54) is 0 Å². The number of urea groups is 1. The lowest BCUT2D eigenvalue weighted by atomic mass is 10.1. The highest BCUT2D eigenvalue weighted by Gasteiger charge is 2.39. The molecule has 1 atom stereocenters. The van der Waals surface area contributed by atoms with Gasteiger partial charge in [0.05, 0.1) is 12.5 Å². The lowest BCUT2D eigenvalue weighted by Gasteiger charge is -2.22. The first kappa shape index (κ1) is 12.9. The Labute approximate surface area is 107 Å². The Balaban J connectivity index is 1.92. The second-order valence-electron chi connectivity index (χ2n) is 5.01. The van der Waals surface area contributed by atoms with E-state index < -0.39 is 6.04 Å². The molecule has 1 aliphatic heterocycles. The fraction of sp³-hybridized carbons (Fsp3) is 0.750. The lowest BCUT2D eigenvalue weighted by molar-refractivity contribution is -0.121. The second-order valence-corrected chi connectivity index (χ2v) is 5.01. The van der Waals surface area contributed by atoms with E-state index in [4.69, 9.17) is 5.41 Å². The molecule has 0 aromatic heterocycles. The van der Waals surface area contributed by atoms with Crippen LogP contribution in [0.1, 0.15) is 32.6 Å². The first-order valence-corrected chi connectivity index (χ1v) is 6.54. The molecule has 1 saturated heterocycles. The number of amides is 3. The second kappa shape index (κ2) is 5.37. The molecule has 1 heterocycles. The number of carbonyl (C=O) groups excluding carboxylic acids is 2. The van der Waals surface area contributed by atoms with Gasteiger partial charge in [0.15, 0.2) is 0 Å². The average molecular weight is 252 g/mol. The van der Waals surface area contributed by atoms with E-state index in [0.717, 1.165) is 19.3 Å². The Bertz CT molecular complexity index is 365. The number of hydrogen-bond donors (Lipinski definition) is 3. The van der Waals surface area contributed by atoms with Crippen LogP contribution >= 0.6 is 0 Å². The van der Waals surface area contributed by atoms with Crippen molar-refractivity contribution >= 4 is 17.8 Å². The minimum atomic E-state index is -0.407. The number of amidine groups is 1. The highest BCUT2D eigenvalue weighted by Crippen LogP contribution is 2.31. The molecule has 0 bridgehead atoms. The lowest BCUT2D eigenvalue weighted by Crippen LogP contribution is -2.40. The van der Waals surface area contributed by atoms with Gasteiger partial charge in [0, 0.05) is 13.1 Å². The van der Waals surface area contributed by atoms with Crippen molar-refractivity contribution in [2.75, 3.05) is 13.1 Å². The van der Waals surface area contributed by atoms with Crippen LogP contribution in [0.5, 0.6) is 0 Å². The molecule has 2 rings (SSSR count). The standard InChI is InChI=1S/C12H20N4O2/c1-2-5-14-10(17)6-9-11(13)15-12(18)16(9)7-8-3-4-8/h8-9H,2-7H2,1H3,(H,14,17)(H2,13,15,18). The molecule has 6 heteroatoms. The molecule has 3 amide bonds.